The summed E-state index contributed by atoms with van der Waals surface area (Å²) in [5.74, 6) is 2.37. The fourth-order valence-electron chi connectivity index (χ4n) is 4.34. The van der Waals surface area contributed by atoms with Crippen LogP contribution < -0.4 is 14.8 Å². The van der Waals surface area contributed by atoms with Gasteiger partial charge < -0.3 is 24.2 Å². The third-order valence-corrected chi connectivity index (χ3v) is 6.27. The summed E-state index contributed by atoms with van der Waals surface area (Å²) in [5.41, 5.74) is 6.40. The third-order valence-electron chi connectivity index (χ3n) is 6.27. The highest BCUT2D eigenvalue weighted by atomic mass is 16.5. The van der Waals surface area contributed by atoms with Crippen molar-refractivity contribution in [2.45, 2.75) is 20.3 Å². The van der Waals surface area contributed by atoms with Crippen LogP contribution in [0.3, 0.4) is 0 Å². The average molecular weight is 499 g/mol. The number of nitrogens with zero attached hydrogens (tertiary/aromatic N) is 3. The number of rotatable bonds is 8. The van der Waals surface area contributed by atoms with Crippen LogP contribution in [0.15, 0.2) is 59.1 Å². The molecule has 5 rings (SSSR count). The maximum absolute atomic E-state index is 13.0. The molecular weight excluding hydrogens is 468 g/mol. The van der Waals surface area contributed by atoms with E-state index in [2.05, 4.69) is 20.4 Å². The molecule has 0 spiro atoms. The summed E-state index contributed by atoms with van der Waals surface area (Å²) in [6.07, 6.45) is 0.794. The molecule has 37 heavy (non-hydrogen) atoms. The lowest BCUT2D eigenvalue weighted by Gasteiger charge is -2.15. The lowest BCUT2D eigenvalue weighted by molar-refractivity contribution is 0.102. The molecule has 2 heterocycles. The Kier molecular flexibility index (Phi) is 6.92. The van der Waals surface area contributed by atoms with Crippen LogP contribution in [0.4, 0.5) is 5.69 Å². The van der Waals surface area contributed by atoms with Crippen LogP contribution in [0, 0.1) is 13.8 Å². The molecule has 8 heteroatoms. The fraction of sp³-hybridized carbons (Fsp3) is 0.276. The van der Waals surface area contributed by atoms with Crippen LogP contribution in [0.1, 0.15) is 27.4 Å². The van der Waals surface area contributed by atoms with E-state index < -0.39 is 0 Å². The highest BCUT2D eigenvalue weighted by molar-refractivity contribution is 6.04. The minimum Gasteiger partial charge on any atom is -0.489 e. The van der Waals surface area contributed by atoms with Crippen molar-refractivity contribution < 1.29 is 18.8 Å². The molecule has 4 aromatic rings. The van der Waals surface area contributed by atoms with E-state index in [1.165, 1.54) is 0 Å². The number of hydrogen-bond acceptors (Lipinski definition) is 7. The molecule has 0 aliphatic carbocycles. The number of carbonyl (C=O) groups is 1. The highest BCUT2D eigenvalue weighted by Gasteiger charge is 2.20. The van der Waals surface area contributed by atoms with Gasteiger partial charge in [-0.3, -0.25) is 4.79 Å². The predicted molar refractivity (Wildman–Crippen MR) is 142 cm³/mol. The van der Waals surface area contributed by atoms with Crippen molar-refractivity contribution in [3.05, 3.63) is 77.2 Å². The lowest BCUT2D eigenvalue weighted by Crippen LogP contribution is -2.19. The Bertz CT molecular complexity index is 1430. The Labute approximate surface area is 216 Å². The van der Waals surface area contributed by atoms with Crippen molar-refractivity contribution in [3.63, 3.8) is 0 Å². The monoisotopic (exact) mass is 498 g/mol. The Balaban J connectivity index is 1.30. The van der Waals surface area contributed by atoms with Gasteiger partial charge in [-0.25, -0.2) is 0 Å². The smallest absolute Gasteiger partial charge is 0.255 e. The molecule has 1 aromatic heterocycles. The molecule has 8 nitrogen and oxygen atoms in total. The zero-order valence-corrected chi connectivity index (χ0v) is 21.5. The SMILES string of the molecule is Cc1nc(-c2ccc(-c3ccc(C(=O)Nc4cc5c(c(OCCN(C)C)c4)OCC5)cc3)c(C)c2)no1. The van der Waals surface area contributed by atoms with Crippen LogP contribution in [0.2, 0.25) is 0 Å². The van der Waals surface area contributed by atoms with Crippen molar-refractivity contribution in [2.24, 2.45) is 0 Å². The molecule has 1 amide bonds. The first-order valence-electron chi connectivity index (χ1n) is 12.3. The Morgan fingerprint density at radius 1 is 1.05 bits per heavy atom. The largest absolute Gasteiger partial charge is 0.489 e. The van der Waals surface area contributed by atoms with Gasteiger partial charge in [-0.1, -0.05) is 29.4 Å². The van der Waals surface area contributed by atoms with Gasteiger partial charge >= 0.3 is 0 Å². The van der Waals surface area contributed by atoms with Gasteiger partial charge in [0.2, 0.25) is 11.7 Å². The van der Waals surface area contributed by atoms with Gasteiger partial charge in [-0.05, 0) is 62.0 Å². The molecule has 0 unspecified atom stereocenters. The number of fused-ring (bicyclic) bond motifs is 1. The summed E-state index contributed by atoms with van der Waals surface area (Å²) in [6, 6.07) is 17.4. The van der Waals surface area contributed by atoms with E-state index in [1.54, 1.807) is 6.92 Å². The van der Waals surface area contributed by atoms with E-state index >= 15 is 0 Å². The van der Waals surface area contributed by atoms with E-state index in [-0.39, 0.29) is 5.91 Å². The summed E-state index contributed by atoms with van der Waals surface area (Å²) < 4.78 is 16.8. The summed E-state index contributed by atoms with van der Waals surface area (Å²) in [5, 5.41) is 7.01. The Morgan fingerprint density at radius 2 is 1.84 bits per heavy atom. The number of nitrogens with one attached hydrogen (secondary N) is 1. The maximum atomic E-state index is 13.0. The van der Waals surface area contributed by atoms with Gasteiger partial charge in [-0.2, -0.15) is 4.98 Å². The summed E-state index contributed by atoms with van der Waals surface area (Å²) in [7, 11) is 4.00. The van der Waals surface area contributed by atoms with E-state index in [0.29, 0.717) is 41.9 Å². The number of carbonyl (C=O) groups excluding carboxylic acids is 1. The molecule has 0 saturated carbocycles. The molecule has 3 aromatic carbocycles. The third kappa shape index (κ3) is 5.49. The van der Waals surface area contributed by atoms with Gasteiger partial charge in [0.05, 0.1) is 6.61 Å². The molecule has 190 valence electrons. The number of benzene rings is 3. The van der Waals surface area contributed by atoms with E-state index in [1.807, 2.05) is 75.6 Å². The number of aromatic nitrogens is 2. The van der Waals surface area contributed by atoms with E-state index in [4.69, 9.17) is 14.0 Å². The molecule has 0 fully saturated rings. The number of amides is 1. The van der Waals surface area contributed by atoms with Crippen molar-refractivity contribution in [3.8, 4) is 34.0 Å². The molecule has 1 N–H and O–H groups in total. The van der Waals surface area contributed by atoms with Crippen molar-refractivity contribution in [2.75, 3.05) is 39.2 Å². The second kappa shape index (κ2) is 10.4. The van der Waals surface area contributed by atoms with Crippen LogP contribution in [0.5, 0.6) is 11.5 Å². The van der Waals surface area contributed by atoms with Crippen molar-refractivity contribution in [1.82, 2.24) is 15.0 Å². The molecule has 0 saturated heterocycles. The minimum absolute atomic E-state index is 0.177. The number of hydrogen-bond donors (Lipinski definition) is 1. The van der Waals surface area contributed by atoms with Crippen LogP contribution in [-0.4, -0.2) is 54.8 Å². The second-order valence-corrected chi connectivity index (χ2v) is 9.41. The molecule has 0 radical (unpaired) electrons. The topological polar surface area (TPSA) is 89.7 Å². The van der Waals surface area contributed by atoms with Gasteiger partial charge in [0, 0.05) is 48.3 Å². The van der Waals surface area contributed by atoms with Gasteiger partial charge in [0.1, 0.15) is 6.61 Å². The number of aryl methyl sites for hydroxylation is 2. The van der Waals surface area contributed by atoms with Gasteiger partial charge in [0.25, 0.3) is 5.91 Å². The van der Waals surface area contributed by atoms with E-state index in [0.717, 1.165) is 46.5 Å². The quantitative estimate of drug-likeness (QED) is 0.359. The summed E-state index contributed by atoms with van der Waals surface area (Å²) in [6.45, 7) is 5.76. The standard InChI is InChI=1S/C29H30N4O4/c1-18-15-23(28-30-19(2)37-32-28)9-10-25(18)20-5-7-21(8-6-20)29(34)31-24-16-22-11-13-36-27(22)26(17-24)35-14-12-33(3)4/h5-10,15-17H,11-14H2,1-4H3,(H,31,34). The van der Waals surface area contributed by atoms with Crippen LogP contribution in [0.25, 0.3) is 22.5 Å². The zero-order chi connectivity index (χ0) is 25.9. The lowest BCUT2D eigenvalue weighted by atomic mass is 9.97. The normalized spacial score (nSPS) is 12.4. The second-order valence-electron chi connectivity index (χ2n) is 9.41. The molecular formula is C29H30N4O4. The number of likely N-dealkylation sites (N-methyl/N-ethyl adjacent to an activating group) is 1. The van der Waals surface area contributed by atoms with Gasteiger partial charge in [-0.15, -0.1) is 0 Å². The predicted octanol–water partition coefficient (Wildman–Crippen LogP) is 5.15. The number of anilines is 1. The first kappa shape index (κ1) is 24.5. The van der Waals surface area contributed by atoms with Crippen LogP contribution in [-0.2, 0) is 6.42 Å². The maximum Gasteiger partial charge on any atom is 0.255 e. The summed E-state index contributed by atoms with van der Waals surface area (Å²) in [4.78, 5) is 19.4. The zero-order valence-electron chi connectivity index (χ0n) is 21.5. The summed E-state index contributed by atoms with van der Waals surface area (Å²) >= 11 is 0. The Hall–Kier alpha value is -4.17. The minimum atomic E-state index is -0.177. The molecule has 1 aliphatic heterocycles. The molecule has 0 atom stereocenters. The first-order valence-corrected chi connectivity index (χ1v) is 12.3. The molecule has 1 aliphatic rings. The van der Waals surface area contributed by atoms with Gasteiger partial charge in [0.15, 0.2) is 11.5 Å². The van der Waals surface area contributed by atoms with Crippen molar-refractivity contribution >= 4 is 11.6 Å². The van der Waals surface area contributed by atoms with Crippen LogP contribution >= 0.6 is 0 Å². The van der Waals surface area contributed by atoms with Crippen molar-refractivity contribution in [1.29, 1.82) is 0 Å². The first-order chi connectivity index (χ1) is 17.9. The Morgan fingerprint density at radius 3 is 2.54 bits per heavy atom. The highest BCUT2D eigenvalue weighted by Crippen LogP contribution is 2.39. The molecule has 0 bridgehead atoms. The number of ether oxygens (including phenoxy) is 2. The van der Waals surface area contributed by atoms with E-state index in [9.17, 15) is 4.79 Å². The average Bonchev–Trinajstić information content (AvgIpc) is 3.53. The fourth-order valence-corrected chi connectivity index (χ4v) is 4.34.